The van der Waals surface area contributed by atoms with E-state index in [0.29, 0.717) is 37.7 Å². The predicted molar refractivity (Wildman–Crippen MR) is 70.0 cm³/mol. The fourth-order valence-electron chi connectivity index (χ4n) is 2.36. The maximum absolute atomic E-state index is 12.1. The van der Waals surface area contributed by atoms with Gasteiger partial charge in [0.25, 0.3) is 0 Å². The number of nitrogens with zero attached hydrogens (tertiary/aromatic N) is 3. The van der Waals surface area contributed by atoms with Crippen LogP contribution in [0.4, 0.5) is 4.79 Å². The summed E-state index contributed by atoms with van der Waals surface area (Å²) in [5, 5.41) is 18.4. The Morgan fingerprint density at radius 2 is 2.40 bits per heavy atom. The van der Waals surface area contributed by atoms with Gasteiger partial charge in [-0.05, 0) is 18.8 Å². The molecule has 1 aliphatic heterocycles. The van der Waals surface area contributed by atoms with E-state index in [0.717, 1.165) is 6.42 Å². The minimum Gasteiger partial charge on any atom is -0.480 e. The molecule has 2 amide bonds. The highest BCUT2D eigenvalue weighted by atomic mass is 16.4. The molecule has 2 atom stereocenters. The number of carbonyl (C=O) groups excluding carboxylic acids is 1. The minimum absolute atomic E-state index is 0.328. The van der Waals surface area contributed by atoms with Crippen LogP contribution in [0.5, 0.6) is 0 Å². The van der Waals surface area contributed by atoms with Crippen LogP contribution in [0.2, 0.25) is 0 Å². The van der Waals surface area contributed by atoms with Gasteiger partial charge in [0, 0.05) is 19.5 Å². The highest BCUT2D eigenvalue weighted by Crippen LogP contribution is 2.22. The number of nitrogens with one attached hydrogen (secondary N) is 2. The molecule has 110 valence electrons. The molecule has 0 spiro atoms. The van der Waals surface area contributed by atoms with Gasteiger partial charge in [-0.15, -0.1) is 0 Å². The van der Waals surface area contributed by atoms with E-state index in [9.17, 15) is 14.7 Å². The van der Waals surface area contributed by atoms with Gasteiger partial charge in [-0.1, -0.05) is 6.92 Å². The number of carboxylic acid groups (broad SMARTS) is 1. The molecule has 20 heavy (non-hydrogen) atoms. The Kier molecular flexibility index (Phi) is 4.54. The summed E-state index contributed by atoms with van der Waals surface area (Å²) in [6.45, 7) is 2.88. The molecule has 8 nitrogen and oxygen atoms in total. The number of aliphatic carboxylic acids is 1. The first-order chi connectivity index (χ1) is 9.58. The third kappa shape index (κ3) is 3.46. The Labute approximate surface area is 116 Å². The second-order valence-corrected chi connectivity index (χ2v) is 5.09. The molecule has 3 N–H and O–H groups in total. The number of likely N-dealkylation sites (tertiary alicyclic amines) is 1. The first kappa shape index (κ1) is 14.3. The third-order valence-electron chi connectivity index (χ3n) is 3.51. The zero-order chi connectivity index (χ0) is 14.5. The second-order valence-electron chi connectivity index (χ2n) is 5.09. The topological polar surface area (TPSA) is 111 Å². The molecule has 0 aliphatic carbocycles. The number of H-pyrrole nitrogens is 1. The van der Waals surface area contributed by atoms with Crippen LogP contribution < -0.4 is 5.32 Å². The van der Waals surface area contributed by atoms with E-state index in [1.165, 1.54) is 11.2 Å². The van der Waals surface area contributed by atoms with Gasteiger partial charge in [0.15, 0.2) is 0 Å². The summed E-state index contributed by atoms with van der Waals surface area (Å²) in [4.78, 5) is 28.6. The van der Waals surface area contributed by atoms with E-state index in [1.807, 2.05) is 6.92 Å². The van der Waals surface area contributed by atoms with Crippen LogP contribution in [0, 0.1) is 5.92 Å². The van der Waals surface area contributed by atoms with Gasteiger partial charge in [0.05, 0.1) is 0 Å². The van der Waals surface area contributed by atoms with Crippen molar-refractivity contribution in [1.82, 2.24) is 25.4 Å². The number of hydrogen-bond donors (Lipinski definition) is 3. The summed E-state index contributed by atoms with van der Waals surface area (Å²) in [5.41, 5.74) is 0. The molecule has 0 radical (unpaired) electrons. The van der Waals surface area contributed by atoms with Crippen LogP contribution in [0.3, 0.4) is 0 Å². The number of aromatic nitrogens is 3. The minimum atomic E-state index is -0.943. The van der Waals surface area contributed by atoms with E-state index in [2.05, 4.69) is 20.5 Å². The standard InChI is InChI=1S/C12H19N5O3/c1-8-3-5-17(9(6-8)11(18)19)12(20)13-4-2-10-14-7-15-16-10/h7-9H,2-6H2,1H3,(H,13,20)(H,18,19)(H,14,15,16). The van der Waals surface area contributed by atoms with Gasteiger partial charge < -0.3 is 15.3 Å². The molecular formula is C12H19N5O3. The monoisotopic (exact) mass is 281 g/mol. The molecule has 2 unspecified atom stereocenters. The molecule has 0 saturated carbocycles. The molecule has 2 rings (SSSR count). The van der Waals surface area contributed by atoms with Crippen molar-refractivity contribution in [2.24, 2.45) is 5.92 Å². The number of piperidine rings is 1. The highest BCUT2D eigenvalue weighted by molar-refractivity contribution is 5.82. The average Bonchev–Trinajstić information content (AvgIpc) is 2.91. The zero-order valence-electron chi connectivity index (χ0n) is 11.4. The summed E-state index contributed by atoms with van der Waals surface area (Å²) in [7, 11) is 0. The lowest BCUT2D eigenvalue weighted by Gasteiger charge is -2.35. The number of aromatic amines is 1. The van der Waals surface area contributed by atoms with E-state index >= 15 is 0 Å². The Morgan fingerprint density at radius 3 is 3.05 bits per heavy atom. The lowest BCUT2D eigenvalue weighted by molar-refractivity contribution is -0.143. The van der Waals surface area contributed by atoms with Crippen LogP contribution in [0.15, 0.2) is 6.33 Å². The van der Waals surface area contributed by atoms with Crippen molar-refractivity contribution in [2.45, 2.75) is 32.2 Å². The summed E-state index contributed by atoms with van der Waals surface area (Å²) in [5.74, 6) is 0.0728. The summed E-state index contributed by atoms with van der Waals surface area (Å²) < 4.78 is 0. The van der Waals surface area contributed by atoms with Crippen LogP contribution in [0.1, 0.15) is 25.6 Å². The van der Waals surface area contributed by atoms with Crippen molar-refractivity contribution < 1.29 is 14.7 Å². The van der Waals surface area contributed by atoms with Crippen molar-refractivity contribution in [3.05, 3.63) is 12.2 Å². The SMILES string of the molecule is CC1CCN(C(=O)NCCc2ncn[nH]2)C(C(=O)O)C1. The Balaban J connectivity index is 1.85. The summed E-state index contributed by atoms with van der Waals surface area (Å²) in [6, 6.07) is -1.06. The Hall–Kier alpha value is -2.12. The summed E-state index contributed by atoms with van der Waals surface area (Å²) >= 11 is 0. The number of amides is 2. The zero-order valence-corrected chi connectivity index (χ0v) is 11.4. The third-order valence-corrected chi connectivity index (χ3v) is 3.51. The van der Waals surface area contributed by atoms with Crippen molar-refractivity contribution in [1.29, 1.82) is 0 Å². The van der Waals surface area contributed by atoms with Crippen molar-refractivity contribution in [3.8, 4) is 0 Å². The van der Waals surface area contributed by atoms with Crippen molar-refractivity contribution >= 4 is 12.0 Å². The van der Waals surface area contributed by atoms with Crippen LogP contribution in [-0.4, -0.2) is 56.3 Å². The van der Waals surface area contributed by atoms with Gasteiger partial charge >= 0.3 is 12.0 Å². The smallest absolute Gasteiger partial charge is 0.326 e. The second kappa shape index (κ2) is 6.36. The molecule has 1 saturated heterocycles. The van der Waals surface area contributed by atoms with E-state index in [1.54, 1.807) is 0 Å². The van der Waals surface area contributed by atoms with E-state index < -0.39 is 12.0 Å². The number of rotatable bonds is 4. The van der Waals surface area contributed by atoms with Gasteiger partial charge in [0.2, 0.25) is 0 Å². The van der Waals surface area contributed by atoms with Crippen LogP contribution in [0.25, 0.3) is 0 Å². The van der Waals surface area contributed by atoms with Gasteiger partial charge in [-0.25, -0.2) is 14.6 Å². The van der Waals surface area contributed by atoms with E-state index in [-0.39, 0.29) is 6.03 Å². The molecule has 8 heteroatoms. The summed E-state index contributed by atoms with van der Waals surface area (Å²) in [6.07, 6.45) is 3.28. The normalized spacial score (nSPS) is 22.6. The number of hydrogen-bond acceptors (Lipinski definition) is 4. The van der Waals surface area contributed by atoms with Gasteiger partial charge in [-0.3, -0.25) is 5.10 Å². The van der Waals surface area contributed by atoms with Crippen molar-refractivity contribution in [2.75, 3.05) is 13.1 Å². The maximum Gasteiger partial charge on any atom is 0.326 e. The van der Waals surface area contributed by atoms with E-state index in [4.69, 9.17) is 0 Å². The molecule has 1 fully saturated rings. The van der Waals surface area contributed by atoms with Gasteiger partial charge in [0.1, 0.15) is 18.2 Å². The van der Waals surface area contributed by atoms with Crippen molar-refractivity contribution in [3.63, 3.8) is 0 Å². The molecule has 2 heterocycles. The molecule has 1 aromatic rings. The Bertz CT molecular complexity index is 462. The fourth-order valence-corrected chi connectivity index (χ4v) is 2.36. The number of carboxylic acids is 1. The predicted octanol–water partition coefficient (Wildman–Crippen LogP) is 0.242. The Morgan fingerprint density at radius 1 is 1.60 bits per heavy atom. The van der Waals surface area contributed by atoms with Gasteiger partial charge in [-0.2, -0.15) is 5.10 Å². The van der Waals surface area contributed by atoms with Crippen LogP contribution in [-0.2, 0) is 11.2 Å². The molecule has 1 aromatic heterocycles. The molecule has 0 aromatic carbocycles. The number of urea groups is 1. The largest absolute Gasteiger partial charge is 0.480 e. The van der Waals surface area contributed by atoms with Crippen LogP contribution >= 0.6 is 0 Å². The first-order valence-electron chi connectivity index (χ1n) is 6.69. The average molecular weight is 281 g/mol. The molecule has 0 bridgehead atoms. The fraction of sp³-hybridized carbons (Fsp3) is 0.667. The highest BCUT2D eigenvalue weighted by Gasteiger charge is 2.34. The lowest BCUT2D eigenvalue weighted by Crippen LogP contribution is -2.53. The number of carbonyl (C=O) groups is 2. The first-order valence-corrected chi connectivity index (χ1v) is 6.69. The molecule has 1 aliphatic rings. The quantitative estimate of drug-likeness (QED) is 0.732. The maximum atomic E-state index is 12.1. The lowest BCUT2D eigenvalue weighted by atomic mass is 9.93. The molecular weight excluding hydrogens is 262 g/mol.